The fourth-order valence-electron chi connectivity index (χ4n) is 4.43. The Kier molecular flexibility index (Phi) is 7.16. The van der Waals surface area contributed by atoms with Crippen molar-refractivity contribution in [3.63, 3.8) is 0 Å². The first-order valence-corrected chi connectivity index (χ1v) is 11.6. The highest BCUT2D eigenvalue weighted by atomic mass is 16.5. The van der Waals surface area contributed by atoms with Gasteiger partial charge in [0.2, 0.25) is 11.9 Å². The summed E-state index contributed by atoms with van der Waals surface area (Å²) < 4.78 is 4.61. The number of benzene rings is 1. The zero-order valence-corrected chi connectivity index (χ0v) is 20.1. The predicted octanol–water partition coefficient (Wildman–Crippen LogP) is 1.50. The number of nitrogens with one attached hydrogen (secondary N) is 1. The lowest BCUT2D eigenvalue weighted by Crippen LogP contribution is -2.44. The molecule has 1 atom stereocenters. The third-order valence-corrected chi connectivity index (χ3v) is 6.45. The minimum Gasteiger partial charge on any atom is -0.453 e. The van der Waals surface area contributed by atoms with E-state index in [1.807, 2.05) is 11.0 Å². The smallest absolute Gasteiger partial charge is 0.407 e. The molecule has 34 heavy (non-hydrogen) atoms. The molecule has 1 unspecified atom stereocenters. The summed E-state index contributed by atoms with van der Waals surface area (Å²) in [5, 5.41) is 2.65. The Hall–Kier alpha value is -3.40. The fraction of sp³-hybridized carbons (Fsp3) is 0.500. The van der Waals surface area contributed by atoms with Crippen molar-refractivity contribution in [1.82, 2.24) is 25.1 Å². The van der Waals surface area contributed by atoms with Gasteiger partial charge < -0.3 is 30.5 Å². The molecule has 2 aromatic rings. The van der Waals surface area contributed by atoms with E-state index < -0.39 is 6.09 Å². The van der Waals surface area contributed by atoms with Gasteiger partial charge in [0.25, 0.3) is 0 Å². The van der Waals surface area contributed by atoms with Crippen molar-refractivity contribution >= 4 is 23.8 Å². The van der Waals surface area contributed by atoms with E-state index >= 15 is 0 Å². The maximum absolute atomic E-state index is 12.8. The summed E-state index contributed by atoms with van der Waals surface area (Å²) in [6.07, 6.45) is 0.480. The number of piperazine rings is 1. The maximum atomic E-state index is 12.8. The number of fused-ring (bicyclic) bond motifs is 1. The molecule has 1 fully saturated rings. The highest BCUT2D eigenvalue weighted by Gasteiger charge is 2.24. The standard InChI is InChI=1S/C24H33N7O3/c1-16(26-24(33)34-3)12-22(32)31-7-6-17-4-5-18(13-19(17)15-31)20-14-21(28-23(25)27-20)30-10-8-29(2)9-11-30/h4-5,13-14,16H,6-12,15H2,1-3H3,(H,26,33)(H2,25,27,28). The molecule has 1 aromatic carbocycles. The van der Waals surface area contributed by atoms with Crippen LogP contribution in [0.5, 0.6) is 0 Å². The molecule has 0 radical (unpaired) electrons. The molecule has 1 saturated heterocycles. The first-order valence-electron chi connectivity index (χ1n) is 11.6. The van der Waals surface area contributed by atoms with Gasteiger partial charge in [0.05, 0.1) is 12.8 Å². The molecule has 182 valence electrons. The molecular weight excluding hydrogens is 434 g/mol. The summed E-state index contributed by atoms with van der Waals surface area (Å²) >= 11 is 0. The molecule has 0 saturated carbocycles. The molecule has 3 heterocycles. The van der Waals surface area contributed by atoms with Gasteiger partial charge in [0.1, 0.15) is 5.82 Å². The average molecular weight is 468 g/mol. The molecule has 0 bridgehead atoms. The fourth-order valence-corrected chi connectivity index (χ4v) is 4.43. The second-order valence-corrected chi connectivity index (χ2v) is 9.05. The molecule has 0 aliphatic carbocycles. The number of rotatable bonds is 5. The van der Waals surface area contributed by atoms with Gasteiger partial charge in [-0.2, -0.15) is 4.98 Å². The number of ether oxygens (including phenoxy) is 1. The minimum atomic E-state index is -0.533. The number of carbonyl (C=O) groups excluding carboxylic acids is 2. The van der Waals surface area contributed by atoms with Crippen molar-refractivity contribution < 1.29 is 14.3 Å². The van der Waals surface area contributed by atoms with Crippen LogP contribution in [0.15, 0.2) is 24.3 Å². The quantitative estimate of drug-likeness (QED) is 0.680. The number of nitrogen functional groups attached to an aromatic ring is 1. The largest absolute Gasteiger partial charge is 0.453 e. The molecule has 10 heteroatoms. The minimum absolute atomic E-state index is 0.00332. The van der Waals surface area contributed by atoms with Crippen molar-refractivity contribution in [2.24, 2.45) is 0 Å². The molecule has 1 aromatic heterocycles. The second kappa shape index (κ2) is 10.3. The monoisotopic (exact) mass is 467 g/mol. The molecule has 0 spiro atoms. The highest BCUT2D eigenvalue weighted by Crippen LogP contribution is 2.28. The van der Waals surface area contributed by atoms with E-state index in [9.17, 15) is 9.59 Å². The van der Waals surface area contributed by atoms with Crippen LogP contribution in [0.4, 0.5) is 16.6 Å². The third-order valence-electron chi connectivity index (χ3n) is 6.45. The molecule has 3 N–H and O–H groups in total. The van der Waals surface area contributed by atoms with E-state index in [4.69, 9.17) is 5.73 Å². The molecule has 4 rings (SSSR count). The predicted molar refractivity (Wildman–Crippen MR) is 130 cm³/mol. The maximum Gasteiger partial charge on any atom is 0.407 e. The van der Waals surface area contributed by atoms with Crippen molar-refractivity contribution in [1.29, 1.82) is 0 Å². The number of methoxy groups -OCH3 is 1. The number of alkyl carbamates (subject to hydrolysis) is 1. The number of amides is 2. The molecule has 10 nitrogen and oxygen atoms in total. The van der Waals surface area contributed by atoms with E-state index in [1.165, 1.54) is 12.7 Å². The summed E-state index contributed by atoms with van der Waals surface area (Å²) in [4.78, 5) is 39.5. The Morgan fingerprint density at radius 3 is 2.62 bits per heavy atom. The van der Waals surface area contributed by atoms with Crippen LogP contribution in [0.1, 0.15) is 24.5 Å². The van der Waals surface area contributed by atoms with Gasteiger partial charge in [-0.05, 0) is 37.6 Å². The van der Waals surface area contributed by atoms with Crippen LogP contribution in [0.25, 0.3) is 11.3 Å². The lowest BCUT2D eigenvalue weighted by molar-refractivity contribution is -0.132. The number of carbonyl (C=O) groups is 2. The van der Waals surface area contributed by atoms with E-state index in [1.54, 1.807) is 6.92 Å². The van der Waals surface area contributed by atoms with Crippen LogP contribution in [0.3, 0.4) is 0 Å². The first-order chi connectivity index (χ1) is 16.3. The third kappa shape index (κ3) is 5.56. The van der Waals surface area contributed by atoms with Crippen molar-refractivity contribution in [2.45, 2.75) is 32.4 Å². The summed E-state index contributed by atoms with van der Waals surface area (Å²) in [6.45, 7) is 6.74. The molecule has 2 aliphatic heterocycles. The van der Waals surface area contributed by atoms with E-state index in [-0.39, 0.29) is 24.3 Å². The van der Waals surface area contributed by atoms with E-state index in [2.05, 4.69) is 55.1 Å². The number of nitrogens with zero attached hydrogens (tertiary/aromatic N) is 5. The van der Waals surface area contributed by atoms with Crippen LogP contribution < -0.4 is 16.0 Å². The highest BCUT2D eigenvalue weighted by molar-refractivity contribution is 5.78. The zero-order chi connectivity index (χ0) is 24.2. The van der Waals surface area contributed by atoms with Crippen LogP contribution in [0.2, 0.25) is 0 Å². The van der Waals surface area contributed by atoms with Crippen molar-refractivity contribution in [3.8, 4) is 11.3 Å². The van der Waals surface area contributed by atoms with Gasteiger partial charge in [-0.3, -0.25) is 4.79 Å². The second-order valence-electron chi connectivity index (χ2n) is 9.05. The van der Waals surface area contributed by atoms with E-state index in [0.717, 1.165) is 55.2 Å². The van der Waals surface area contributed by atoms with Crippen LogP contribution in [-0.4, -0.2) is 84.7 Å². The number of nitrogens with two attached hydrogens (primary N) is 1. The van der Waals surface area contributed by atoms with Crippen LogP contribution in [0, 0.1) is 0 Å². The SMILES string of the molecule is COC(=O)NC(C)CC(=O)N1CCc2ccc(-c3cc(N4CCN(C)CC4)nc(N)n3)cc2C1. The summed E-state index contributed by atoms with van der Waals surface area (Å²) in [6, 6.07) is 7.97. The molecule has 2 aliphatic rings. The van der Waals surface area contributed by atoms with E-state index in [0.29, 0.717) is 13.1 Å². The Labute approximate surface area is 200 Å². The van der Waals surface area contributed by atoms with Crippen LogP contribution in [-0.2, 0) is 22.5 Å². The molecular formula is C24H33N7O3. The van der Waals surface area contributed by atoms with Gasteiger partial charge >= 0.3 is 6.09 Å². The Morgan fingerprint density at radius 1 is 1.12 bits per heavy atom. The lowest BCUT2D eigenvalue weighted by atomic mass is 9.96. The first kappa shape index (κ1) is 23.7. The normalized spacial score (nSPS) is 17.1. The lowest BCUT2D eigenvalue weighted by Gasteiger charge is -2.33. The molecule has 2 amide bonds. The topological polar surface area (TPSA) is 117 Å². The summed E-state index contributed by atoms with van der Waals surface area (Å²) in [7, 11) is 3.43. The van der Waals surface area contributed by atoms with Crippen molar-refractivity contribution in [3.05, 3.63) is 35.4 Å². The number of hydrogen-bond acceptors (Lipinski definition) is 8. The number of hydrogen-bond donors (Lipinski definition) is 2. The van der Waals surface area contributed by atoms with Crippen LogP contribution >= 0.6 is 0 Å². The summed E-state index contributed by atoms with van der Waals surface area (Å²) in [5.41, 5.74) is 10.1. The zero-order valence-electron chi connectivity index (χ0n) is 20.1. The average Bonchev–Trinajstić information content (AvgIpc) is 2.83. The van der Waals surface area contributed by atoms with Gasteiger partial charge in [0.15, 0.2) is 0 Å². The van der Waals surface area contributed by atoms with Crippen molar-refractivity contribution in [2.75, 3.05) is 57.5 Å². The Bertz CT molecular complexity index is 1050. The number of aromatic nitrogens is 2. The van der Waals surface area contributed by atoms with Gasteiger partial charge in [-0.15, -0.1) is 0 Å². The number of anilines is 2. The summed E-state index contributed by atoms with van der Waals surface area (Å²) in [5.74, 6) is 1.11. The number of likely N-dealkylation sites (N-methyl/N-ethyl adjacent to an activating group) is 1. The van der Waals surface area contributed by atoms with Gasteiger partial charge in [-0.1, -0.05) is 12.1 Å². The van der Waals surface area contributed by atoms with Gasteiger partial charge in [-0.25, -0.2) is 9.78 Å². The Balaban J connectivity index is 1.49. The van der Waals surface area contributed by atoms with Gasteiger partial charge in [0, 0.05) is 63.4 Å². The Morgan fingerprint density at radius 2 is 1.88 bits per heavy atom.